The van der Waals surface area contributed by atoms with Crippen LogP contribution in [0.4, 0.5) is 0 Å². The molecule has 0 fully saturated rings. The van der Waals surface area contributed by atoms with Crippen molar-refractivity contribution >= 4 is 0 Å². The second-order valence-corrected chi connectivity index (χ2v) is 2.37. The zero-order chi connectivity index (χ0) is 7.98. The molecule has 0 heterocycles. The number of hydrogen-bond acceptors (Lipinski definition) is 2. The van der Waals surface area contributed by atoms with E-state index in [1.54, 1.807) is 13.2 Å². The quantitative estimate of drug-likeness (QED) is 0.590. The van der Waals surface area contributed by atoms with Crippen molar-refractivity contribution in [3.63, 3.8) is 0 Å². The highest BCUT2D eigenvalue weighted by Crippen LogP contribution is 2.04. The molecule has 0 rings (SSSR count). The van der Waals surface area contributed by atoms with Crippen molar-refractivity contribution in [3.8, 4) is 0 Å². The zero-order valence-corrected chi connectivity index (χ0v) is 6.71. The van der Waals surface area contributed by atoms with E-state index in [-0.39, 0.29) is 12.2 Å². The second kappa shape index (κ2) is 5.45. The number of methoxy groups -OCH3 is 1. The summed E-state index contributed by atoms with van der Waals surface area (Å²) in [6.07, 6.45) is 2.95. The Morgan fingerprint density at radius 2 is 2.30 bits per heavy atom. The fourth-order valence-corrected chi connectivity index (χ4v) is 0.680. The first-order valence-electron chi connectivity index (χ1n) is 3.54. The number of ether oxygens (including phenoxy) is 1. The van der Waals surface area contributed by atoms with Crippen molar-refractivity contribution in [1.29, 1.82) is 0 Å². The number of aliphatic hydroxyl groups is 1. The fourth-order valence-electron chi connectivity index (χ4n) is 0.680. The molecule has 1 N–H and O–H groups in total. The minimum Gasteiger partial charge on any atom is -0.390 e. The van der Waals surface area contributed by atoms with Crippen LogP contribution in [-0.4, -0.2) is 24.4 Å². The van der Waals surface area contributed by atoms with Crippen molar-refractivity contribution in [2.45, 2.75) is 32.0 Å². The molecular formula is C8H16O2. The van der Waals surface area contributed by atoms with Crippen molar-refractivity contribution < 1.29 is 9.84 Å². The molecule has 0 bridgehead atoms. The minimum absolute atomic E-state index is 0.0695. The van der Waals surface area contributed by atoms with Gasteiger partial charge in [-0.15, -0.1) is 6.58 Å². The number of aliphatic hydroxyl groups excluding tert-OH is 1. The first-order valence-corrected chi connectivity index (χ1v) is 3.54. The molecule has 10 heavy (non-hydrogen) atoms. The van der Waals surface area contributed by atoms with Gasteiger partial charge >= 0.3 is 0 Å². The predicted molar refractivity (Wildman–Crippen MR) is 41.9 cm³/mol. The maximum atomic E-state index is 9.28. The molecule has 0 aromatic carbocycles. The highest BCUT2D eigenvalue weighted by Gasteiger charge is 2.10. The molecule has 2 atom stereocenters. The van der Waals surface area contributed by atoms with Gasteiger partial charge in [0.1, 0.15) is 0 Å². The minimum atomic E-state index is -0.358. The Morgan fingerprint density at radius 3 is 2.70 bits per heavy atom. The third-order valence-electron chi connectivity index (χ3n) is 1.58. The van der Waals surface area contributed by atoms with Gasteiger partial charge in [-0.3, -0.25) is 0 Å². The van der Waals surface area contributed by atoms with Gasteiger partial charge in [-0.25, -0.2) is 0 Å². The summed E-state index contributed by atoms with van der Waals surface area (Å²) in [7, 11) is 1.60. The largest absolute Gasteiger partial charge is 0.390 e. The molecule has 0 spiro atoms. The van der Waals surface area contributed by atoms with Crippen molar-refractivity contribution in [1.82, 2.24) is 0 Å². The van der Waals surface area contributed by atoms with Crippen LogP contribution >= 0.6 is 0 Å². The topological polar surface area (TPSA) is 29.5 Å². The van der Waals surface area contributed by atoms with Gasteiger partial charge in [0.15, 0.2) is 0 Å². The van der Waals surface area contributed by atoms with Crippen LogP contribution in [0.25, 0.3) is 0 Å². The van der Waals surface area contributed by atoms with E-state index in [0.29, 0.717) is 0 Å². The lowest BCUT2D eigenvalue weighted by atomic mass is 10.1. The maximum Gasteiger partial charge on any atom is 0.0802 e. The van der Waals surface area contributed by atoms with E-state index >= 15 is 0 Å². The van der Waals surface area contributed by atoms with Crippen LogP contribution in [-0.2, 0) is 4.74 Å². The van der Waals surface area contributed by atoms with Crippen LogP contribution in [0.5, 0.6) is 0 Å². The van der Waals surface area contributed by atoms with E-state index in [0.717, 1.165) is 12.8 Å². The van der Waals surface area contributed by atoms with Crippen LogP contribution in [0.1, 0.15) is 19.8 Å². The molecule has 0 aliphatic rings. The van der Waals surface area contributed by atoms with Gasteiger partial charge in [0.05, 0.1) is 12.2 Å². The normalized spacial score (nSPS) is 16.3. The highest BCUT2D eigenvalue weighted by atomic mass is 16.5. The maximum absolute atomic E-state index is 9.28. The molecule has 2 heteroatoms. The lowest BCUT2D eigenvalue weighted by Gasteiger charge is -2.15. The van der Waals surface area contributed by atoms with E-state index in [1.807, 2.05) is 6.92 Å². The smallest absolute Gasteiger partial charge is 0.0802 e. The molecule has 0 saturated carbocycles. The summed E-state index contributed by atoms with van der Waals surface area (Å²) >= 11 is 0. The third kappa shape index (κ3) is 3.64. The van der Waals surface area contributed by atoms with E-state index < -0.39 is 0 Å². The van der Waals surface area contributed by atoms with E-state index in [9.17, 15) is 5.11 Å². The van der Waals surface area contributed by atoms with Gasteiger partial charge in [0, 0.05) is 7.11 Å². The number of rotatable bonds is 5. The number of allylic oxidation sites excluding steroid dienone is 1. The molecule has 0 radical (unpaired) electrons. The molecule has 2 unspecified atom stereocenters. The molecule has 0 aliphatic heterocycles. The second-order valence-electron chi connectivity index (χ2n) is 2.37. The zero-order valence-electron chi connectivity index (χ0n) is 6.71. The lowest BCUT2D eigenvalue weighted by molar-refractivity contribution is -0.00359. The summed E-state index contributed by atoms with van der Waals surface area (Å²) in [5, 5.41) is 9.28. The van der Waals surface area contributed by atoms with Gasteiger partial charge in [0.25, 0.3) is 0 Å². The van der Waals surface area contributed by atoms with E-state index in [2.05, 4.69) is 6.58 Å². The summed E-state index contributed by atoms with van der Waals surface area (Å²) < 4.78 is 4.92. The lowest BCUT2D eigenvalue weighted by Crippen LogP contribution is -2.24. The Labute approximate surface area is 62.5 Å². The standard InChI is InChI=1S/C8H16O2/c1-4-5-6-8(9)7(2)10-3/h4,7-9H,1,5-6H2,2-3H3. The summed E-state index contributed by atoms with van der Waals surface area (Å²) in [4.78, 5) is 0. The fraction of sp³-hybridized carbons (Fsp3) is 0.750. The molecule has 2 nitrogen and oxygen atoms in total. The van der Waals surface area contributed by atoms with E-state index in [1.165, 1.54) is 0 Å². The average Bonchev–Trinajstić information content (AvgIpc) is 1.98. The van der Waals surface area contributed by atoms with Crippen LogP contribution in [0.3, 0.4) is 0 Å². The van der Waals surface area contributed by atoms with Gasteiger partial charge in [-0.2, -0.15) is 0 Å². The van der Waals surface area contributed by atoms with E-state index in [4.69, 9.17) is 4.74 Å². The van der Waals surface area contributed by atoms with Crippen LogP contribution in [0, 0.1) is 0 Å². The first kappa shape index (κ1) is 9.66. The van der Waals surface area contributed by atoms with Crippen molar-refractivity contribution in [2.75, 3.05) is 7.11 Å². The Bertz CT molecular complexity index is 91.3. The Kier molecular flexibility index (Phi) is 5.26. The van der Waals surface area contributed by atoms with Crippen molar-refractivity contribution in [3.05, 3.63) is 12.7 Å². The molecule has 0 aromatic rings. The van der Waals surface area contributed by atoms with Gasteiger partial charge in [-0.1, -0.05) is 6.08 Å². The summed E-state index contributed by atoms with van der Waals surface area (Å²) in [6.45, 7) is 5.42. The average molecular weight is 144 g/mol. The summed E-state index contributed by atoms with van der Waals surface area (Å²) in [5.41, 5.74) is 0. The van der Waals surface area contributed by atoms with Gasteiger partial charge < -0.3 is 9.84 Å². The monoisotopic (exact) mass is 144 g/mol. The first-order chi connectivity index (χ1) is 4.72. The molecule has 0 amide bonds. The molecule has 0 aliphatic carbocycles. The summed E-state index contributed by atoms with van der Waals surface area (Å²) in [6, 6.07) is 0. The molecule has 0 aromatic heterocycles. The molecule has 60 valence electrons. The number of hydrogen-bond donors (Lipinski definition) is 1. The van der Waals surface area contributed by atoms with Gasteiger partial charge in [-0.05, 0) is 19.8 Å². The Balaban J connectivity index is 3.40. The Hall–Kier alpha value is -0.340. The Morgan fingerprint density at radius 1 is 1.70 bits per heavy atom. The predicted octanol–water partition coefficient (Wildman–Crippen LogP) is 1.35. The van der Waals surface area contributed by atoms with Crippen LogP contribution < -0.4 is 0 Å². The molecular weight excluding hydrogens is 128 g/mol. The third-order valence-corrected chi connectivity index (χ3v) is 1.58. The summed E-state index contributed by atoms with van der Waals surface area (Å²) in [5.74, 6) is 0. The van der Waals surface area contributed by atoms with Crippen molar-refractivity contribution in [2.24, 2.45) is 0 Å². The van der Waals surface area contributed by atoms with Crippen LogP contribution in [0.15, 0.2) is 12.7 Å². The highest BCUT2D eigenvalue weighted by molar-refractivity contribution is 4.71. The van der Waals surface area contributed by atoms with Crippen LogP contribution in [0.2, 0.25) is 0 Å². The SMILES string of the molecule is C=CCCC(O)C(C)OC. The van der Waals surface area contributed by atoms with Gasteiger partial charge in [0.2, 0.25) is 0 Å². The molecule has 0 saturated heterocycles.